The zero-order chi connectivity index (χ0) is 15.6. The number of rotatable bonds is 7. The number of hydrogen-bond acceptors (Lipinski definition) is 5. The Balaban J connectivity index is 2.07. The summed E-state index contributed by atoms with van der Waals surface area (Å²) in [6.07, 6.45) is 1.59. The molecule has 8 heteroatoms. The Morgan fingerprint density at radius 2 is 1.95 bits per heavy atom. The number of aromatic hydroxyl groups is 2. The molecule has 0 aromatic heterocycles. The average Bonchev–Trinajstić information content (AvgIpc) is 3.15. The van der Waals surface area contributed by atoms with Gasteiger partial charge < -0.3 is 15.3 Å². The molecule has 0 saturated heterocycles. The van der Waals surface area contributed by atoms with Gasteiger partial charge in [0.2, 0.25) is 10.0 Å². The number of sulfonamides is 1. The van der Waals surface area contributed by atoms with Crippen molar-refractivity contribution in [3.8, 4) is 11.5 Å². The van der Waals surface area contributed by atoms with Crippen LogP contribution in [0.4, 0.5) is 0 Å². The van der Waals surface area contributed by atoms with Crippen LogP contribution < -0.4 is 4.72 Å². The number of phenolic OH excluding ortho intramolecular Hbond substituents is 2. The summed E-state index contributed by atoms with van der Waals surface area (Å²) in [4.78, 5) is 11.2. The van der Waals surface area contributed by atoms with E-state index < -0.39 is 22.0 Å². The zero-order valence-corrected chi connectivity index (χ0v) is 12.0. The van der Waals surface area contributed by atoms with Crippen LogP contribution in [0.3, 0.4) is 0 Å². The largest absolute Gasteiger partial charge is 0.504 e. The molecule has 1 aliphatic rings. The lowest BCUT2D eigenvalue weighted by Crippen LogP contribution is -2.43. The van der Waals surface area contributed by atoms with E-state index in [-0.39, 0.29) is 29.6 Å². The Kier molecular flexibility index (Phi) is 4.38. The molecule has 4 N–H and O–H groups in total. The fourth-order valence-electron chi connectivity index (χ4n) is 1.97. The van der Waals surface area contributed by atoms with E-state index in [1.165, 1.54) is 18.2 Å². The van der Waals surface area contributed by atoms with Gasteiger partial charge in [-0.15, -0.1) is 0 Å². The summed E-state index contributed by atoms with van der Waals surface area (Å²) in [6, 6.07) is 2.56. The summed E-state index contributed by atoms with van der Waals surface area (Å²) >= 11 is 0. The van der Waals surface area contributed by atoms with Crippen LogP contribution >= 0.6 is 0 Å². The number of aliphatic carboxylic acids is 1. The SMILES string of the molecule is O=C(O)[C@H](Cc1ccc(O)c(O)c1)NS(=O)(=O)CC1CC1. The van der Waals surface area contributed by atoms with Crippen LogP contribution in [0.2, 0.25) is 0 Å². The maximum absolute atomic E-state index is 11.8. The highest BCUT2D eigenvalue weighted by Crippen LogP contribution is 2.30. The van der Waals surface area contributed by atoms with Gasteiger partial charge in [-0.2, -0.15) is 0 Å². The molecule has 1 aliphatic carbocycles. The van der Waals surface area contributed by atoms with E-state index in [1.807, 2.05) is 0 Å². The quantitative estimate of drug-likeness (QED) is 0.541. The minimum Gasteiger partial charge on any atom is -0.504 e. The summed E-state index contributed by atoms with van der Waals surface area (Å²) in [6.45, 7) is 0. The van der Waals surface area contributed by atoms with Crippen molar-refractivity contribution in [2.45, 2.75) is 25.3 Å². The molecule has 1 saturated carbocycles. The summed E-state index contributed by atoms with van der Waals surface area (Å²) in [5.74, 6) is -1.92. The molecule has 7 nitrogen and oxygen atoms in total. The topological polar surface area (TPSA) is 124 Å². The van der Waals surface area contributed by atoms with E-state index in [0.717, 1.165) is 12.8 Å². The Morgan fingerprint density at radius 1 is 1.29 bits per heavy atom. The predicted molar refractivity (Wildman–Crippen MR) is 74.5 cm³/mol. The van der Waals surface area contributed by atoms with Crippen molar-refractivity contribution >= 4 is 16.0 Å². The van der Waals surface area contributed by atoms with Crippen molar-refractivity contribution in [2.75, 3.05) is 5.75 Å². The molecule has 0 bridgehead atoms. The summed E-state index contributed by atoms with van der Waals surface area (Å²) in [5.41, 5.74) is 0.409. The van der Waals surface area contributed by atoms with Gasteiger partial charge in [0.15, 0.2) is 11.5 Å². The number of carboxylic acids is 1. The highest BCUT2D eigenvalue weighted by molar-refractivity contribution is 7.89. The molecular weight excluding hydrogens is 298 g/mol. The first-order valence-electron chi connectivity index (χ1n) is 6.50. The van der Waals surface area contributed by atoms with Gasteiger partial charge >= 0.3 is 5.97 Å². The molecule has 0 radical (unpaired) electrons. The second-order valence-corrected chi connectivity index (χ2v) is 7.06. The highest BCUT2D eigenvalue weighted by Gasteiger charge is 2.31. The van der Waals surface area contributed by atoms with Crippen LogP contribution in [0.1, 0.15) is 18.4 Å². The van der Waals surface area contributed by atoms with Crippen molar-refractivity contribution in [3.05, 3.63) is 23.8 Å². The van der Waals surface area contributed by atoms with E-state index in [9.17, 15) is 23.4 Å². The molecule has 0 heterocycles. The molecule has 0 aliphatic heterocycles. The van der Waals surface area contributed by atoms with Gasteiger partial charge in [-0.05, 0) is 42.9 Å². The fraction of sp³-hybridized carbons (Fsp3) is 0.462. The Hall–Kier alpha value is -1.80. The lowest BCUT2D eigenvalue weighted by Gasteiger charge is -2.15. The monoisotopic (exact) mass is 315 g/mol. The normalized spacial score (nSPS) is 16.6. The van der Waals surface area contributed by atoms with Crippen molar-refractivity contribution in [3.63, 3.8) is 0 Å². The van der Waals surface area contributed by atoms with Gasteiger partial charge in [-0.25, -0.2) is 13.1 Å². The Bertz CT molecular complexity index is 638. The molecular formula is C13H17NO6S. The van der Waals surface area contributed by atoms with Crippen LogP contribution in [-0.2, 0) is 21.2 Å². The molecule has 116 valence electrons. The predicted octanol–water partition coefficient (Wildman–Crippen LogP) is 0.423. The summed E-state index contributed by atoms with van der Waals surface area (Å²) in [7, 11) is -3.64. The Morgan fingerprint density at radius 3 is 2.48 bits per heavy atom. The fourth-order valence-corrected chi connectivity index (χ4v) is 3.64. The Labute approximate surface area is 122 Å². The number of phenols is 2. The van der Waals surface area contributed by atoms with Crippen molar-refractivity contribution in [1.82, 2.24) is 4.72 Å². The van der Waals surface area contributed by atoms with Gasteiger partial charge in [0.25, 0.3) is 0 Å². The van der Waals surface area contributed by atoms with E-state index in [2.05, 4.69) is 4.72 Å². The van der Waals surface area contributed by atoms with E-state index >= 15 is 0 Å². The molecule has 0 amide bonds. The number of hydrogen-bond donors (Lipinski definition) is 4. The summed E-state index contributed by atoms with van der Waals surface area (Å²) in [5, 5.41) is 27.7. The number of carboxylic acid groups (broad SMARTS) is 1. The van der Waals surface area contributed by atoms with Gasteiger partial charge in [0, 0.05) is 0 Å². The van der Waals surface area contributed by atoms with E-state index in [4.69, 9.17) is 5.11 Å². The van der Waals surface area contributed by atoms with Crippen molar-refractivity contribution in [1.29, 1.82) is 0 Å². The van der Waals surface area contributed by atoms with Crippen LogP contribution in [0, 0.1) is 5.92 Å². The third-order valence-corrected chi connectivity index (χ3v) is 4.81. The maximum Gasteiger partial charge on any atom is 0.322 e. The van der Waals surface area contributed by atoms with Crippen LogP contribution in [0.25, 0.3) is 0 Å². The molecule has 1 fully saturated rings. The van der Waals surface area contributed by atoms with Crippen LogP contribution in [0.5, 0.6) is 11.5 Å². The minimum atomic E-state index is -3.64. The molecule has 1 aromatic rings. The molecule has 1 atom stereocenters. The van der Waals surface area contributed by atoms with E-state index in [0.29, 0.717) is 5.56 Å². The first-order valence-corrected chi connectivity index (χ1v) is 8.16. The van der Waals surface area contributed by atoms with Crippen LogP contribution in [-0.4, -0.2) is 41.5 Å². The van der Waals surface area contributed by atoms with Crippen LogP contribution in [0.15, 0.2) is 18.2 Å². The first kappa shape index (κ1) is 15.6. The molecule has 1 aromatic carbocycles. The molecule has 2 rings (SSSR count). The lowest BCUT2D eigenvalue weighted by atomic mass is 10.1. The second-order valence-electron chi connectivity index (χ2n) is 5.26. The second kappa shape index (κ2) is 5.90. The summed E-state index contributed by atoms with van der Waals surface area (Å²) < 4.78 is 25.9. The first-order chi connectivity index (χ1) is 9.77. The lowest BCUT2D eigenvalue weighted by molar-refractivity contribution is -0.138. The highest BCUT2D eigenvalue weighted by atomic mass is 32.2. The van der Waals surface area contributed by atoms with Gasteiger partial charge in [0.05, 0.1) is 5.75 Å². The molecule has 0 unspecified atom stereocenters. The number of carbonyl (C=O) groups is 1. The van der Waals surface area contributed by atoms with Gasteiger partial charge in [-0.1, -0.05) is 6.07 Å². The number of nitrogens with one attached hydrogen (secondary N) is 1. The number of benzene rings is 1. The minimum absolute atomic E-state index is 0.0579. The average molecular weight is 315 g/mol. The third-order valence-electron chi connectivity index (χ3n) is 3.25. The standard InChI is InChI=1S/C13H17NO6S/c15-11-4-3-9(6-12(11)16)5-10(13(17)18)14-21(19,20)7-8-1-2-8/h3-4,6,8,10,14-16H,1-2,5,7H2,(H,17,18)/t10-/m0/s1. The van der Waals surface area contributed by atoms with Crippen molar-refractivity contribution < 1.29 is 28.5 Å². The third kappa shape index (κ3) is 4.61. The van der Waals surface area contributed by atoms with Gasteiger partial charge in [-0.3, -0.25) is 4.79 Å². The maximum atomic E-state index is 11.8. The smallest absolute Gasteiger partial charge is 0.322 e. The molecule has 21 heavy (non-hydrogen) atoms. The van der Waals surface area contributed by atoms with Crippen molar-refractivity contribution in [2.24, 2.45) is 5.92 Å². The molecule has 0 spiro atoms. The zero-order valence-electron chi connectivity index (χ0n) is 11.2. The van der Waals surface area contributed by atoms with E-state index in [1.54, 1.807) is 0 Å². The van der Waals surface area contributed by atoms with Gasteiger partial charge in [0.1, 0.15) is 6.04 Å².